The predicted octanol–water partition coefficient (Wildman–Crippen LogP) is 2.81. The van der Waals surface area contributed by atoms with Crippen molar-refractivity contribution in [2.75, 3.05) is 12.1 Å². The number of aromatic hydroxyl groups is 1. The minimum atomic E-state index is 0.219. The number of benzene rings is 2. The van der Waals surface area contributed by atoms with Crippen LogP contribution in [0.5, 0.6) is 17.2 Å². The van der Waals surface area contributed by atoms with Crippen LogP contribution in [0.4, 0.5) is 11.5 Å². The zero-order valence-electron chi connectivity index (χ0n) is 10.9. The molecule has 104 valence electrons. The summed E-state index contributed by atoms with van der Waals surface area (Å²) in [6.45, 7) is 0.222. The number of anilines is 2. The Morgan fingerprint density at radius 3 is 2.57 bits per heavy atom. The van der Waals surface area contributed by atoms with E-state index in [2.05, 4.69) is 15.3 Å². The van der Waals surface area contributed by atoms with Gasteiger partial charge in [0.25, 0.3) is 0 Å². The number of ether oxygens (including phenoxy) is 2. The van der Waals surface area contributed by atoms with Gasteiger partial charge in [0.1, 0.15) is 17.9 Å². The van der Waals surface area contributed by atoms with E-state index in [-0.39, 0.29) is 12.5 Å². The number of rotatable bonds is 2. The standard InChI is InChI=1S/C15H11N3O3/c19-10-3-1-9(2-4-10)18-15-11-5-13-14(21-8-20-13)6-12(11)16-7-17-15/h1-7,19H,8H2,(H,16,17,18). The van der Waals surface area contributed by atoms with Gasteiger partial charge in [-0.15, -0.1) is 0 Å². The van der Waals surface area contributed by atoms with Crippen molar-refractivity contribution >= 4 is 22.4 Å². The Morgan fingerprint density at radius 2 is 1.76 bits per heavy atom. The van der Waals surface area contributed by atoms with Gasteiger partial charge in [-0.25, -0.2) is 9.97 Å². The molecule has 0 bridgehead atoms. The summed E-state index contributed by atoms with van der Waals surface area (Å²) < 4.78 is 10.7. The van der Waals surface area contributed by atoms with Crippen LogP contribution in [0.15, 0.2) is 42.7 Å². The second-order valence-electron chi connectivity index (χ2n) is 4.62. The van der Waals surface area contributed by atoms with Gasteiger partial charge in [0.15, 0.2) is 11.5 Å². The highest BCUT2D eigenvalue weighted by molar-refractivity contribution is 5.93. The molecule has 1 aromatic heterocycles. The molecule has 6 nitrogen and oxygen atoms in total. The Kier molecular flexibility index (Phi) is 2.53. The van der Waals surface area contributed by atoms with E-state index in [9.17, 15) is 5.11 Å². The fourth-order valence-electron chi connectivity index (χ4n) is 2.23. The lowest BCUT2D eigenvalue weighted by molar-refractivity contribution is 0.174. The number of hydrogen-bond donors (Lipinski definition) is 2. The number of fused-ring (bicyclic) bond motifs is 2. The monoisotopic (exact) mass is 281 g/mol. The molecule has 1 aliphatic heterocycles. The first-order valence-corrected chi connectivity index (χ1v) is 6.40. The molecule has 2 N–H and O–H groups in total. The van der Waals surface area contributed by atoms with Gasteiger partial charge >= 0.3 is 0 Å². The third-order valence-electron chi connectivity index (χ3n) is 3.26. The van der Waals surface area contributed by atoms with Crippen molar-refractivity contribution < 1.29 is 14.6 Å². The van der Waals surface area contributed by atoms with Gasteiger partial charge in [0.05, 0.1) is 5.52 Å². The Labute approximate surface area is 120 Å². The highest BCUT2D eigenvalue weighted by Gasteiger charge is 2.16. The lowest BCUT2D eigenvalue weighted by Crippen LogP contribution is -1.95. The highest BCUT2D eigenvalue weighted by atomic mass is 16.7. The zero-order valence-corrected chi connectivity index (χ0v) is 10.9. The first-order valence-electron chi connectivity index (χ1n) is 6.40. The van der Waals surface area contributed by atoms with Crippen molar-refractivity contribution in [3.63, 3.8) is 0 Å². The number of nitrogens with zero attached hydrogens (tertiary/aromatic N) is 2. The van der Waals surface area contributed by atoms with E-state index in [1.165, 1.54) is 6.33 Å². The third kappa shape index (κ3) is 2.06. The number of phenolic OH excluding ortho intramolecular Hbond substituents is 1. The lowest BCUT2D eigenvalue weighted by atomic mass is 10.2. The summed E-state index contributed by atoms with van der Waals surface area (Å²) in [6, 6.07) is 10.5. The van der Waals surface area contributed by atoms with Crippen molar-refractivity contribution in [1.82, 2.24) is 9.97 Å². The second-order valence-corrected chi connectivity index (χ2v) is 4.62. The molecule has 0 atom stereocenters. The van der Waals surface area contributed by atoms with Crippen molar-refractivity contribution in [3.05, 3.63) is 42.7 Å². The van der Waals surface area contributed by atoms with Crippen LogP contribution < -0.4 is 14.8 Å². The Balaban J connectivity index is 1.79. The number of aromatic nitrogens is 2. The summed E-state index contributed by atoms with van der Waals surface area (Å²) in [7, 11) is 0. The molecule has 0 saturated carbocycles. The Morgan fingerprint density at radius 1 is 1.00 bits per heavy atom. The molecule has 6 heteroatoms. The molecule has 21 heavy (non-hydrogen) atoms. The SMILES string of the molecule is Oc1ccc(Nc2ncnc3cc4c(cc23)OCO4)cc1. The zero-order chi connectivity index (χ0) is 14.2. The van der Waals surface area contributed by atoms with Crippen LogP contribution in [0.3, 0.4) is 0 Å². The minimum Gasteiger partial charge on any atom is -0.508 e. The average molecular weight is 281 g/mol. The maximum atomic E-state index is 9.32. The largest absolute Gasteiger partial charge is 0.508 e. The van der Waals surface area contributed by atoms with Gasteiger partial charge in [-0.1, -0.05) is 0 Å². The Hall–Kier alpha value is -3.02. The molecule has 3 aromatic rings. The maximum absolute atomic E-state index is 9.32. The predicted molar refractivity (Wildman–Crippen MR) is 77.1 cm³/mol. The van der Waals surface area contributed by atoms with E-state index in [1.807, 2.05) is 12.1 Å². The van der Waals surface area contributed by atoms with Gasteiger partial charge in [0.2, 0.25) is 6.79 Å². The molecule has 0 aliphatic carbocycles. The van der Waals surface area contributed by atoms with Crippen LogP contribution >= 0.6 is 0 Å². The van der Waals surface area contributed by atoms with E-state index in [0.717, 1.165) is 16.6 Å². The van der Waals surface area contributed by atoms with Gasteiger partial charge < -0.3 is 19.9 Å². The molecule has 1 aliphatic rings. The molecular weight excluding hydrogens is 270 g/mol. The van der Waals surface area contributed by atoms with Gasteiger partial charge in [-0.05, 0) is 30.3 Å². The number of nitrogens with one attached hydrogen (secondary N) is 1. The first kappa shape index (κ1) is 11.8. The van der Waals surface area contributed by atoms with Crippen LogP contribution in [-0.4, -0.2) is 21.9 Å². The van der Waals surface area contributed by atoms with Gasteiger partial charge in [-0.2, -0.15) is 0 Å². The van der Waals surface area contributed by atoms with Crippen LogP contribution in [0.2, 0.25) is 0 Å². The quantitative estimate of drug-likeness (QED) is 0.703. The normalized spacial score (nSPS) is 12.6. The summed E-state index contributed by atoms with van der Waals surface area (Å²) in [5, 5.41) is 13.4. The number of phenols is 1. The lowest BCUT2D eigenvalue weighted by Gasteiger charge is -2.09. The Bertz CT molecular complexity index is 818. The summed E-state index contributed by atoms with van der Waals surface area (Å²) >= 11 is 0. The highest BCUT2D eigenvalue weighted by Crippen LogP contribution is 2.37. The topological polar surface area (TPSA) is 76.5 Å². The van der Waals surface area contributed by atoms with Crippen LogP contribution in [0.25, 0.3) is 10.9 Å². The molecule has 0 unspecified atom stereocenters. The van der Waals surface area contributed by atoms with Crippen LogP contribution in [0.1, 0.15) is 0 Å². The minimum absolute atomic E-state index is 0.219. The fraction of sp³-hybridized carbons (Fsp3) is 0.0667. The fourth-order valence-corrected chi connectivity index (χ4v) is 2.23. The molecule has 4 rings (SSSR count). The summed E-state index contributed by atoms with van der Waals surface area (Å²) in [4.78, 5) is 8.52. The molecule has 0 radical (unpaired) electrons. The van der Waals surface area contributed by atoms with Crippen LogP contribution in [-0.2, 0) is 0 Å². The average Bonchev–Trinajstić information content (AvgIpc) is 2.95. The van der Waals surface area contributed by atoms with Gasteiger partial charge in [0, 0.05) is 17.1 Å². The van der Waals surface area contributed by atoms with Crippen molar-refractivity contribution in [3.8, 4) is 17.2 Å². The van der Waals surface area contributed by atoms with E-state index in [0.29, 0.717) is 17.3 Å². The van der Waals surface area contributed by atoms with Crippen molar-refractivity contribution in [2.24, 2.45) is 0 Å². The van der Waals surface area contributed by atoms with E-state index < -0.39 is 0 Å². The van der Waals surface area contributed by atoms with Crippen molar-refractivity contribution in [1.29, 1.82) is 0 Å². The van der Waals surface area contributed by atoms with Crippen molar-refractivity contribution in [2.45, 2.75) is 0 Å². The molecule has 2 aromatic carbocycles. The van der Waals surface area contributed by atoms with E-state index >= 15 is 0 Å². The maximum Gasteiger partial charge on any atom is 0.231 e. The molecule has 0 fully saturated rings. The molecule has 0 amide bonds. The summed E-state index contributed by atoms with van der Waals surface area (Å²) in [6.07, 6.45) is 1.49. The smallest absolute Gasteiger partial charge is 0.231 e. The van der Waals surface area contributed by atoms with Gasteiger partial charge in [-0.3, -0.25) is 0 Å². The molecule has 0 saturated heterocycles. The van der Waals surface area contributed by atoms with E-state index in [4.69, 9.17) is 9.47 Å². The first-order chi connectivity index (χ1) is 10.3. The molecule has 2 heterocycles. The summed E-state index contributed by atoms with van der Waals surface area (Å²) in [5.41, 5.74) is 1.60. The molecule has 0 spiro atoms. The molecular formula is C15H11N3O3. The third-order valence-corrected chi connectivity index (χ3v) is 3.26. The van der Waals surface area contributed by atoms with Crippen LogP contribution in [0, 0.1) is 0 Å². The summed E-state index contributed by atoms with van der Waals surface area (Å²) in [5.74, 6) is 2.27. The van der Waals surface area contributed by atoms with E-state index in [1.54, 1.807) is 24.3 Å². The number of hydrogen-bond acceptors (Lipinski definition) is 6. The second kappa shape index (κ2) is 4.52.